The highest BCUT2D eigenvalue weighted by atomic mass is 15.2. The Morgan fingerprint density at radius 3 is 2.38 bits per heavy atom. The molecule has 16 heavy (non-hydrogen) atoms. The van der Waals surface area contributed by atoms with Crippen LogP contribution in [0.1, 0.15) is 25.5 Å². The Balaban J connectivity index is 2.90. The summed E-state index contributed by atoms with van der Waals surface area (Å²) in [6.45, 7) is 9.69. The molecule has 1 atom stereocenters. The van der Waals surface area contributed by atoms with Crippen LogP contribution in [0.3, 0.4) is 0 Å². The van der Waals surface area contributed by atoms with E-state index in [1.165, 1.54) is 5.56 Å². The third-order valence-electron chi connectivity index (χ3n) is 2.81. The minimum Gasteiger partial charge on any atom is -0.329 e. The van der Waals surface area contributed by atoms with Gasteiger partial charge in [-0.15, -0.1) is 6.58 Å². The molecule has 2 heteroatoms. The highest BCUT2D eigenvalue weighted by molar-refractivity contribution is 5.19. The molecule has 1 aromatic carbocycles. The number of nitrogens with zero attached hydrogens (tertiary/aromatic N) is 1. The maximum atomic E-state index is 5.90. The van der Waals surface area contributed by atoms with Gasteiger partial charge in [-0.3, -0.25) is 4.90 Å². The summed E-state index contributed by atoms with van der Waals surface area (Å²) in [7, 11) is 0. The van der Waals surface area contributed by atoms with Gasteiger partial charge in [0.1, 0.15) is 0 Å². The van der Waals surface area contributed by atoms with E-state index in [0.717, 1.165) is 6.54 Å². The van der Waals surface area contributed by atoms with E-state index in [4.69, 9.17) is 5.73 Å². The van der Waals surface area contributed by atoms with Crippen molar-refractivity contribution in [2.75, 3.05) is 13.1 Å². The Morgan fingerprint density at radius 2 is 1.94 bits per heavy atom. The summed E-state index contributed by atoms with van der Waals surface area (Å²) in [4.78, 5) is 2.36. The average molecular weight is 218 g/mol. The van der Waals surface area contributed by atoms with Gasteiger partial charge in [-0.1, -0.05) is 36.4 Å². The lowest BCUT2D eigenvalue weighted by Crippen LogP contribution is -2.38. The van der Waals surface area contributed by atoms with Gasteiger partial charge in [0.05, 0.1) is 0 Å². The van der Waals surface area contributed by atoms with Crippen LogP contribution in [0.5, 0.6) is 0 Å². The number of nitrogens with two attached hydrogens (primary N) is 1. The van der Waals surface area contributed by atoms with Crippen LogP contribution in [0.25, 0.3) is 0 Å². The maximum absolute atomic E-state index is 5.90. The predicted octanol–water partition coefficient (Wildman–Crippen LogP) is 2.58. The van der Waals surface area contributed by atoms with Gasteiger partial charge in [0.25, 0.3) is 0 Å². The van der Waals surface area contributed by atoms with E-state index in [1.54, 1.807) is 0 Å². The molecule has 1 unspecified atom stereocenters. The summed E-state index contributed by atoms with van der Waals surface area (Å²) in [6.07, 6.45) is 1.94. The lowest BCUT2D eigenvalue weighted by Gasteiger charge is -2.33. The highest BCUT2D eigenvalue weighted by Gasteiger charge is 2.19. The molecule has 1 aromatic rings. The smallest absolute Gasteiger partial charge is 0.0476 e. The number of benzene rings is 1. The van der Waals surface area contributed by atoms with Crippen molar-refractivity contribution in [2.24, 2.45) is 5.73 Å². The van der Waals surface area contributed by atoms with Crippen LogP contribution >= 0.6 is 0 Å². The van der Waals surface area contributed by atoms with Crippen LogP contribution in [0, 0.1) is 0 Å². The molecule has 0 saturated carbocycles. The van der Waals surface area contributed by atoms with Crippen molar-refractivity contribution in [1.82, 2.24) is 4.90 Å². The lowest BCUT2D eigenvalue weighted by molar-refractivity contribution is 0.177. The third kappa shape index (κ3) is 3.19. The second kappa shape index (κ2) is 6.46. The number of hydrogen-bond acceptors (Lipinski definition) is 2. The Hall–Kier alpha value is -1.12. The Morgan fingerprint density at radius 1 is 1.31 bits per heavy atom. The second-order valence-corrected chi connectivity index (χ2v) is 4.24. The first kappa shape index (κ1) is 12.9. The quantitative estimate of drug-likeness (QED) is 0.744. The SMILES string of the molecule is C=CCN(C(C)C)C(CN)c1ccccc1. The van der Waals surface area contributed by atoms with E-state index in [-0.39, 0.29) is 6.04 Å². The van der Waals surface area contributed by atoms with Gasteiger partial charge < -0.3 is 5.73 Å². The Bertz CT molecular complexity index is 306. The molecular weight excluding hydrogens is 196 g/mol. The van der Waals surface area contributed by atoms with Crippen LogP contribution in [0.2, 0.25) is 0 Å². The number of rotatable bonds is 6. The topological polar surface area (TPSA) is 29.3 Å². The van der Waals surface area contributed by atoms with E-state index >= 15 is 0 Å². The van der Waals surface area contributed by atoms with Crippen molar-refractivity contribution in [2.45, 2.75) is 25.9 Å². The molecule has 1 rings (SSSR count). The average Bonchev–Trinajstić information content (AvgIpc) is 2.30. The van der Waals surface area contributed by atoms with E-state index in [9.17, 15) is 0 Å². The van der Waals surface area contributed by atoms with Gasteiger partial charge in [0, 0.05) is 25.2 Å². The molecule has 2 N–H and O–H groups in total. The van der Waals surface area contributed by atoms with Gasteiger partial charge in [-0.25, -0.2) is 0 Å². The van der Waals surface area contributed by atoms with E-state index in [1.807, 2.05) is 12.1 Å². The first-order valence-electron chi connectivity index (χ1n) is 5.82. The Kier molecular flexibility index (Phi) is 5.23. The summed E-state index contributed by atoms with van der Waals surface area (Å²) in [6, 6.07) is 11.2. The molecule has 0 aliphatic heterocycles. The molecule has 0 aliphatic carbocycles. The van der Waals surface area contributed by atoms with Gasteiger partial charge in [-0.2, -0.15) is 0 Å². The predicted molar refractivity (Wildman–Crippen MR) is 70.3 cm³/mol. The van der Waals surface area contributed by atoms with Crippen molar-refractivity contribution >= 4 is 0 Å². The summed E-state index contributed by atoms with van der Waals surface area (Å²) in [5.41, 5.74) is 7.18. The summed E-state index contributed by atoms with van der Waals surface area (Å²) in [5.74, 6) is 0. The molecular formula is C14H22N2. The van der Waals surface area contributed by atoms with Crippen LogP contribution in [-0.4, -0.2) is 24.0 Å². The zero-order valence-corrected chi connectivity index (χ0v) is 10.3. The standard InChI is InChI=1S/C14H22N2/c1-4-10-16(12(2)3)14(11-15)13-8-6-5-7-9-13/h4-9,12,14H,1,10-11,15H2,2-3H3. The van der Waals surface area contributed by atoms with Crippen LogP contribution in [0.4, 0.5) is 0 Å². The summed E-state index contributed by atoms with van der Waals surface area (Å²) in [5, 5.41) is 0. The summed E-state index contributed by atoms with van der Waals surface area (Å²) >= 11 is 0. The first-order chi connectivity index (χ1) is 7.70. The molecule has 2 nitrogen and oxygen atoms in total. The van der Waals surface area contributed by atoms with Crippen LogP contribution in [-0.2, 0) is 0 Å². The molecule has 0 spiro atoms. The van der Waals surface area contributed by atoms with E-state index < -0.39 is 0 Å². The van der Waals surface area contributed by atoms with E-state index in [0.29, 0.717) is 12.6 Å². The van der Waals surface area contributed by atoms with Crippen molar-refractivity contribution in [3.8, 4) is 0 Å². The fraction of sp³-hybridized carbons (Fsp3) is 0.429. The Labute approximate surface area is 98.8 Å². The summed E-state index contributed by atoms with van der Waals surface area (Å²) < 4.78 is 0. The molecule has 0 radical (unpaired) electrons. The zero-order valence-electron chi connectivity index (χ0n) is 10.3. The maximum Gasteiger partial charge on any atom is 0.0476 e. The van der Waals surface area contributed by atoms with Crippen LogP contribution < -0.4 is 5.73 Å². The fourth-order valence-corrected chi connectivity index (χ4v) is 1.99. The lowest BCUT2D eigenvalue weighted by atomic mass is 10.0. The minimum atomic E-state index is 0.277. The molecule has 88 valence electrons. The minimum absolute atomic E-state index is 0.277. The van der Waals surface area contributed by atoms with Crippen molar-refractivity contribution in [3.05, 3.63) is 48.6 Å². The number of hydrogen-bond donors (Lipinski definition) is 1. The monoisotopic (exact) mass is 218 g/mol. The molecule has 0 fully saturated rings. The van der Waals surface area contributed by atoms with Crippen molar-refractivity contribution < 1.29 is 0 Å². The second-order valence-electron chi connectivity index (χ2n) is 4.24. The molecule has 0 aliphatic rings. The van der Waals surface area contributed by atoms with Crippen molar-refractivity contribution in [3.63, 3.8) is 0 Å². The molecule has 0 bridgehead atoms. The van der Waals surface area contributed by atoms with Crippen molar-refractivity contribution in [1.29, 1.82) is 0 Å². The zero-order chi connectivity index (χ0) is 12.0. The van der Waals surface area contributed by atoms with Gasteiger partial charge in [0.2, 0.25) is 0 Å². The fourth-order valence-electron chi connectivity index (χ4n) is 1.99. The third-order valence-corrected chi connectivity index (χ3v) is 2.81. The molecule has 0 amide bonds. The molecule has 0 saturated heterocycles. The largest absolute Gasteiger partial charge is 0.329 e. The first-order valence-corrected chi connectivity index (χ1v) is 5.82. The highest BCUT2D eigenvalue weighted by Crippen LogP contribution is 2.21. The van der Waals surface area contributed by atoms with Gasteiger partial charge in [0.15, 0.2) is 0 Å². The van der Waals surface area contributed by atoms with Gasteiger partial charge >= 0.3 is 0 Å². The van der Waals surface area contributed by atoms with E-state index in [2.05, 4.69) is 49.6 Å². The molecule has 0 aromatic heterocycles. The normalized spacial score (nSPS) is 13.1. The van der Waals surface area contributed by atoms with Crippen LogP contribution in [0.15, 0.2) is 43.0 Å². The molecule has 0 heterocycles. The van der Waals surface area contributed by atoms with Gasteiger partial charge in [-0.05, 0) is 19.4 Å².